The van der Waals surface area contributed by atoms with Gasteiger partial charge in [-0.1, -0.05) is 79.7 Å². The van der Waals surface area contributed by atoms with Gasteiger partial charge in [-0.3, -0.25) is 9.69 Å². The molecule has 0 saturated heterocycles. The summed E-state index contributed by atoms with van der Waals surface area (Å²) in [6.45, 7) is 3.62. The number of nitrogens with zero attached hydrogens (tertiary/aromatic N) is 3. The van der Waals surface area contributed by atoms with Gasteiger partial charge in [-0.2, -0.15) is 5.10 Å². The Morgan fingerprint density at radius 3 is 2.45 bits per heavy atom. The van der Waals surface area contributed by atoms with E-state index in [1.165, 1.54) is 11.1 Å². The number of aromatic nitrogens is 2. The van der Waals surface area contributed by atoms with E-state index in [1.54, 1.807) is 4.68 Å². The fourth-order valence-corrected chi connectivity index (χ4v) is 4.84. The van der Waals surface area contributed by atoms with Gasteiger partial charge >= 0.3 is 0 Å². The highest BCUT2D eigenvalue weighted by Crippen LogP contribution is 2.36. The first-order chi connectivity index (χ1) is 15.3. The van der Waals surface area contributed by atoms with Crippen molar-refractivity contribution >= 4 is 10.8 Å². The Balaban J connectivity index is 1.59. The van der Waals surface area contributed by atoms with E-state index < -0.39 is 0 Å². The minimum Gasteiger partial charge on any atom is -0.277 e. The molecule has 0 saturated carbocycles. The number of rotatable bonds is 6. The van der Waals surface area contributed by atoms with Crippen LogP contribution in [0.5, 0.6) is 0 Å². The van der Waals surface area contributed by atoms with Gasteiger partial charge in [0.1, 0.15) is 0 Å². The van der Waals surface area contributed by atoms with E-state index in [0.717, 1.165) is 47.8 Å². The summed E-state index contributed by atoms with van der Waals surface area (Å²) < 4.78 is 1.67. The third kappa shape index (κ3) is 3.68. The third-order valence-electron chi connectivity index (χ3n) is 6.28. The molecule has 0 spiro atoms. The van der Waals surface area contributed by atoms with Gasteiger partial charge in [0, 0.05) is 23.5 Å². The second-order valence-electron chi connectivity index (χ2n) is 8.27. The van der Waals surface area contributed by atoms with Crippen LogP contribution < -0.4 is 5.56 Å². The molecule has 1 aliphatic carbocycles. The van der Waals surface area contributed by atoms with Crippen molar-refractivity contribution in [1.29, 1.82) is 0 Å². The molecule has 0 N–H and O–H groups in total. The predicted octanol–water partition coefficient (Wildman–Crippen LogP) is 5.42. The smallest absolute Gasteiger partial charge is 0.275 e. The molecule has 4 nitrogen and oxygen atoms in total. The molecule has 0 radical (unpaired) electrons. The lowest BCUT2D eigenvalue weighted by Gasteiger charge is -2.29. The van der Waals surface area contributed by atoms with E-state index in [2.05, 4.69) is 48.2 Å². The summed E-state index contributed by atoms with van der Waals surface area (Å²) in [5.41, 5.74) is 4.69. The maximum Gasteiger partial charge on any atom is 0.275 e. The molecule has 0 fully saturated rings. The van der Waals surface area contributed by atoms with Crippen molar-refractivity contribution in [3.05, 3.63) is 100 Å². The Morgan fingerprint density at radius 1 is 0.935 bits per heavy atom. The Hall–Kier alpha value is -3.24. The minimum atomic E-state index is -0.0253. The van der Waals surface area contributed by atoms with Gasteiger partial charge in [-0.05, 0) is 36.5 Å². The van der Waals surface area contributed by atoms with E-state index in [9.17, 15) is 4.79 Å². The van der Waals surface area contributed by atoms with Crippen molar-refractivity contribution in [2.45, 2.75) is 38.9 Å². The summed E-state index contributed by atoms with van der Waals surface area (Å²) in [6, 6.07) is 27.0. The van der Waals surface area contributed by atoms with Crippen molar-refractivity contribution in [2.24, 2.45) is 0 Å². The van der Waals surface area contributed by atoms with E-state index in [4.69, 9.17) is 5.10 Å². The van der Waals surface area contributed by atoms with E-state index >= 15 is 0 Å². The second kappa shape index (κ2) is 8.48. The first kappa shape index (κ1) is 19.7. The summed E-state index contributed by atoms with van der Waals surface area (Å²) in [6.07, 6.45) is 3.22. The van der Waals surface area contributed by atoms with Gasteiger partial charge in [-0.15, -0.1) is 0 Å². The second-order valence-corrected chi connectivity index (χ2v) is 8.27. The molecule has 4 heteroatoms. The lowest BCUT2D eigenvalue weighted by molar-refractivity contribution is 0.140. The summed E-state index contributed by atoms with van der Waals surface area (Å²) >= 11 is 0. The Kier molecular flexibility index (Phi) is 5.39. The zero-order valence-corrected chi connectivity index (χ0v) is 17.9. The lowest BCUT2D eigenvalue weighted by atomic mass is 10.1. The SMILES string of the molecule is CCCN(Cn1nc(-c2ccccc2)c2ccccc2c1=O)[C@@H]1CCc2ccccc21. The van der Waals surface area contributed by atoms with Crippen LogP contribution in [0.2, 0.25) is 0 Å². The van der Waals surface area contributed by atoms with Crippen LogP contribution in [-0.4, -0.2) is 21.2 Å². The monoisotopic (exact) mass is 409 g/mol. The summed E-state index contributed by atoms with van der Waals surface area (Å²) in [5.74, 6) is 0. The number of hydrogen-bond acceptors (Lipinski definition) is 3. The van der Waals surface area contributed by atoms with Gasteiger partial charge in [0.15, 0.2) is 0 Å². The van der Waals surface area contributed by atoms with E-state index in [0.29, 0.717) is 12.7 Å². The zero-order valence-electron chi connectivity index (χ0n) is 17.9. The average molecular weight is 410 g/mol. The maximum absolute atomic E-state index is 13.4. The molecule has 0 unspecified atom stereocenters. The molecule has 31 heavy (non-hydrogen) atoms. The Morgan fingerprint density at radius 2 is 1.65 bits per heavy atom. The fourth-order valence-electron chi connectivity index (χ4n) is 4.84. The van der Waals surface area contributed by atoms with Crippen LogP contribution in [0.15, 0.2) is 83.7 Å². The van der Waals surface area contributed by atoms with Crippen LogP contribution in [0, 0.1) is 0 Å². The third-order valence-corrected chi connectivity index (χ3v) is 6.28. The highest BCUT2D eigenvalue weighted by Gasteiger charge is 2.28. The number of hydrogen-bond donors (Lipinski definition) is 0. The Labute approximate surface area is 182 Å². The molecule has 0 bridgehead atoms. The maximum atomic E-state index is 13.4. The van der Waals surface area contributed by atoms with Crippen LogP contribution in [-0.2, 0) is 13.1 Å². The van der Waals surface area contributed by atoms with Crippen LogP contribution in [0.25, 0.3) is 22.0 Å². The van der Waals surface area contributed by atoms with Crippen molar-refractivity contribution in [1.82, 2.24) is 14.7 Å². The van der Waals surface area contributed by atoms with Gasteiger partial charge in [0.2, 0.25) is 0 Å². The molecule has 3 aromatic carbocycles. The average Bonchev–Trinajstić information content (AvgIpc) is 3.25. The molecule has 0 amide bonds. The van der Waals surface area contributed by atoms with Gasteiger partial charge < -0.3 is 0 Å². The largest absolute Gasteiger partial charge is 0.277 e. The predicted molar refractivity (Wildman–Crippen MR) is 126 cm³/mol. The number of fused-ring (bicyclic) bond motifs is 2. The molecular weight excluding hydrogens is 382 g/mol. The van der Waals surface area contributed by atoms with Gasteiger partial charge in [0.05, 0.1) is 17.7 Å². The standard InChI is InChI=1S/C27H27N3O/c1-2-18-29(25-17-16-20-10-6-7-13-22(20)25)19-30-27(31)24-15-9-8-14-23(24)26(28-30)21-11-4-3-5-12-21/h3-15,25H,2,16-19H2,1H3/t25-/m1/s1. The fraction of sp³-hybridized carbons (Fsp3) is 0.259. The Bertz CT molecular complexity index is 1260. The van der Waals surface area contributed by atoms with Crippen LogP contribution >= 0.6 is 0 Å². The normalized spacial score (nSPS) is 15.5. The molecule has 5 rings (SSSR count). The number of aryl methyl sites for hydroxylation is 1. The van der Waals surface area contributed by atoms with Crippen LogP contribution in [0.4, 0.5) is 0 Å². The quantitative estimate of drug-likeness (QED) is 0.427. The topological polar surface area (TPSA) is 38.1 Å². The lowest BCUT2D eigenvalue weighted by Crippen LogP contribution is -2.36. The number of benzene rings is 3. The van der Waals surface area contributed by atoms with Crippen molar-refractivity contribution in [2.75, 3.05) is 6.54 Å². The first-order valence-electron chi connectivity index (χ1n) is 11.1. The van der Waals surface area contributed by atoms with Crippen LogP contribution in [0.3, 0.4) is 0 Å². The van der Waals surface area contributed by atoms with E-state index in [-0.39, 0.29) is 5.56 Å². The van der Waals surface area contributed by atoms with Crippen molar-refractivity contribution in [3.63, 3.8) is 0 Å². The van der Waals surface area contributed by atoms with Gasteiger partial charge in [-0.25, -0.2) is 4.68 Å². The zero-order chi connectivity index (χ0) is 21.2. The molecule has 1 atom stereocenters. The summed E-state index contributed by atoms with van der Waals surface area (Å²) in [4.78, 5) is 15.8. The molecule has 156 valence electrons. The molecular formula is C27H27N3O. The molecule has 0 aliphatic heterocycles. The molecule has 1 aliphatic rings. The van der Waals surface area contributed by atoms with Crippen molar-refractivity contribution in [3.8, 4) is 11.3 Å². The highest BCUT2D eigenvalue weighted by atomic mass is 16.1. The highest BCUT2D eigenvalue weighted by molar-refractivity contribution is 5.93. The first-order valence-corrected chi connectivity index (χ1v) is 11.1. The minimum absolute atomic E-state index is 0.0253. The van der Waals surface area contributed by atoms with Gasteiger partial charge in [0.25, 0.3) is 5.56 Å². The van der Waals surface area contributed by atoms with E-state index in [1.807, 2.05) is 42.5 Å². The van der Waals surface area contributed by atoms with Crippen LogP contribution in [0.1, 0.15) is 36.9 Å². The summed E-state index contributed by atoms with van der Waals surface area (Å²) in [5, 5.41) is 6.51. The molecule has 1 aromatic heterocycles. The molecule has 1 heterocycles. The van der Waals surface area contributed by atoms with Crippen molar-refractivity contribution < 1.29 is 0 Å². The molecule has 4 aromatic rings. The summed E-state index contributed by atoms with van der Waals surface area (Å²) in [7, 11) is 0.